The minimum atomic E-state index is 0. The van der Waals surface area contributed by atoms with Crippen LogP contribution in [0.25, 0.3) is 0 Å². The molecule has 181 valence electrons. The summed E-state index contributed by atoms with van der Waals surface area (Å²) in [4.78, 5) is 0. The molecule has 6 heteroatoms. The first-order valence-electron chi connectivity index (χ1n) is 10.4. The maximum Gasteiger partial charge on any atom is 2.00 e. The Kier molecular flexibility index (Phi) is 35.5. The van der Waals surface area contributed by atoms with E-state index in [4.69, 9.17) is 4.65 Å². The van der Waals surface area contributed by atoms with Gasteiger partial charge in [0.15, 0.2) is 0 Å². The Hall–Kier alpha value is 2.03. The van der Waals surface area contributed by atoms with Gasteiger partial charge in [-0.05, 0) is 94.3 Å². The molecule has 0 bridgehead atoms. The molecular formula is C26H41ClFeOP2Ru+3. The molecule has 2 saturated carbocycles. The second-order valence-corrected chi connectivity index (χ2v) is 14.6. The standard InChI is InChI=1S/2C11H18P.C3H5.CO.ClH.Fe.Ru/c2*1-9(2)12(10(3)4)11-7-5-6-8-11;1-3-2;1-2;;;/h2*5-10H,1-4H3;3H,1-2H2;;1H;;/q;;;;;2*+2/p-1. The molecule has 2 aliphatic carbocycles. The molecule has 2 rings (SSSR count). The summed E-state index contributed by atoms with van der Waals surface area (Å²) in [6.45, 7) is 29.7. The van der Waals surface area contributed by atoms with E-state index in [0.29, 0.717) is 0 Å². The van der Waals surface area contributed by atoms with Gasteiger partial charge in [-0.2, -0.15) is 0 Å². The van der Waals surface area contributed by atoms with Crippen LogP contribution in [0.15, 0.2) is 0 Å². The molecule has 0 saturated heterocycles. The van der Waals surface area contributed by atoms with Gasteiger partial charge in [0.05, 0.1) is 0 Å². The van der Waals surface area contributed by atoms with E-state index in [-0.39, 0.29) is 32.9 Å². The van der Waals surface area contributed by atoms with E-state index < -0.39 is 0 Å². The zero-order valence-corrected chi connectivity index (χ0v) is 26.2. The van der Waals surface area contributed by atoms with Crippen molar-refractivity contribution in [3.05, 3.63) is 89.6 Å². The van der Waals surface area contributed by atoms with Crippen LogP contribution < -0.4 is 0 Å². The number of hydrogen-bond acceptors (Lipinski definition) is 0. The third-order valence-corrected chi connectivity index (χ3v) is 10.4. The molecule has 2 fully saturated rings. The van der Waals surface area contributed by atoms with E-state index in [1.165, 1.54) is 6.42 Å². The van der Waals surface area contributed by atoms with Gasteiger partial charge < -0.3 is 0 Å². The summed E-state index contributed by atoms with van der Waals surface area (Å²) < 4.78 is 7.50. The third-order valence-electron chi connectivity index (χ3n) is 4.11. The van der Waals surface area contributed by atoms with E-state index in [0.717, 1.165) is 22.6 Å². The van der Waals surface area contributed by atoms with Gasteiger partial charge in [0.2, 0.25) is 0 Å². The molecule has 2 aliphatic rings. The van der Waals surface area contributed by atoms with Gasteiger partial charge in [0.1, 0.15) is 0 Å². The molecule has 0 N–H and O–H groups in total. The topological polar surface area (TPSA) is 19.9 Å². The average Bonchev–Trinajstić information content (AvgIpc) is 3.40. The van der Waals surface area contributed by atoms with Gasteiger partial charge >= 0.3 is 55.4 Å². The second kappa shape index (κ2) is 27.6. The summed E-state index contributed by atoms with van der Waals surface area (Å²) in [5, 5.41) is 0. The van der Waals surface area contributed by atoms with Crippen molar-refractivity contribution in [3.63, 3.8) is 0 Å². The fourth-order valence-corrected chi connectivity index (χ4v) is 9.26. The second-order valence-electron chi connectivity index (χ2n) is 7.76. The van der Waals surface area contributed by atoms with Crippen molar-refractivity contribution in [1.82, 2.24) is 0 Å². The van der Waals surface area contributed by atoms with Crippen molar-refractivity contribution < 1.29 is 39.0 Å². The smallest absolute Gasteiger partial charge is 2.00 e. The monoisotopic (exact) mass is 624 g/mol. The maximum absolute atomic E-state index is 7.50. The van der Waals surface area contributed by atoms with E-state index in [2.05, 4.69) is 137 Å². The SMILES string of the molecule is CC(C)P([C]1[CH][CH][CH][CH]1)C(C)C.CC(C)P([C]1[CH][CH][CH][CH]1)C(C)C.[C-]#[O+].[CH2][CH][CH2].[Cl][Ru+].[Fe+2]. The van der Waals surface area contributed by atoms with Crippen LogP contribution in [0, 0.1) is 89.6 Å². The quantitative estimate of drug-likeness (QED) is 0.122. The number of hydrogen-bond donors (Lipinski definition) is 0. The van der Waals surface area contributed by atoms with Crippen LogP contribution in [0.2, 0.25) is 0 Å². The predicted octanol–water partition coefficient (Wildman–Crippen LogP) is 8.80. The molecule has 0 aromatic heterocycles. The molecule has 0 aromatic rings. The van der Waals surface area contributed by atoms with Gasteiger partial charge in [0, 0.05) is 11.3 Å². The van der Waals surface area contributed by atoms with Crippen molar-refractivity contribution in [2.75, 3.05) is 0 Å². The predicted molar refractivity (Wildman–Crippen MR) is 140 cm³/mol. The van der Waals surface area contributed by atoms with Gasteiger partial charge in [-0.3, -0.25) is 0 Å². The normalized spacial score (nSPS) is 16.0. The van der Waals surface area contributed by atoms with Gasteiger partial charge in [-0.25, -0.2) is 0 Å². The van der Waals surface area contributed by atoms with Crippen LogP contribution >= 0.6 is 25.5 Å². The largest absolute Gasteiger partial charge is 2.00 e. The number of halogens is 1. The zero-order valence-electron chi connectivity index (χ0n) is 20.8. The van der Waals surface area contributed by atoms with Crippen LogP contribution in [0.1, 0.15) is 55.4 Å². The van der Waals surface area contributed by atoms with Crippen LogP contribution in [0.4, 0.5) is 0 Å². The molecule has 13 radical (unpaired) electrons. The summed E-state index contributed by atoms with van der Waals surface area (Å²) in [5.74, 6) is 0. The molecule has 0 unspecified atom stereocenters. The Morgan fingerprint density at radius 3 is 0.969 bits per heavy atom. The molecule has 32 heavy (non-hydrogen) atoms. The zero-order chi connectivity index (χ0) is 25.0. The molecule has 0 atom stereocenters. The van der Waals surface area contributed by atoms with E-state index in [9.17, 15) is 0 Å². The van der Waals surface area contributed by atoms with Crippen molar-refractivity contribution in [2.24, 2.45) is 0 Å². The van der Waals surface area contributed by atoms with Crippen LogP contribution in [-0.2, 0) is 39.0 Å². The first-order valence-corrected chi connectivity index (χ1v) is 15.6. The Bertz CT molecular complexity index is 335. The fourth-order valence-electron chi connectivity index (χ4n) is 3.46. The molecule has 1 nitrogen and oxygen atoms in total. The van der Waals surface area contributed by atoms with Crippen LogP contribution in [-0.4, -0.2) is 22.6 Å². The molecule has 0 spiro atoms. The minimum Gasteiger partial charge on any atom is 2.00 e. The van der Waals surface area contributed by atoms with E-state index >= 15 is 0 Å². The molecule has 0 heterocycles. The fraction of sp³-hybridized carbons (Fsp3) is 0.462. The first-order chi connectivity index (χ1) is 14.7. The van der Waals surface area contributed by atoms with Gasteiger partial charge in [-0.15, -0.1) is 0 Å². The summed E-state index contributed by atoms with van der Waals surface area (Å²) in [5.41, 5.74) is 6.36. The summed E-state index contributed by atoms with van der Waals surface area (Å²) in [6.07, 6.45) is 19.2. The minimum absolute atomic E-state index is 0. The molecule has 0 amide bonds. The van der Waals surface area contributed by atoms with Gasteiger partial charge in [-0.1, -0.05) is 71.2 Å². The van der Waals surface area contributed by atoms with E-state index in [1.807, 2.05) is 17.3 Å². The molecule has 0 aromatic carbocycles. The van der Waals surface area contributed by atoms with Crippen LogP contribution in [0.5, 0.6) is 0 Å². The Morgan fingerprint density at radius 1 is 0.688 bits per heavy atom. The number of rotatable bonds is 6. The molecule has 0 aliphatic heterocycles. The van der Waals surface area contributed by atoms with Gasteiger partial charge in [0.25, 0.3) is 0 Å². The van der Waals surface area contributed by atoms with Crippen molar-refractivity contribution in [2.45, 2.75) is 78.0 Å². The Balaban J connectivity index is -0.000000187. The Labute approximate surface area is 230 Å². The summed E-state index contributed by atoms with van der Waals surface area (Å²) >= 11 is 1.82. The van der Waals surface area contributed by atoms with Crippen LogP contribution in [0.3, 0.4) is 0 Å². The first kappa shape index (κ1) is 41.2. The Morgan fingerprint density at radius 2 is 0.844 bits per heavy atom. The maximum atomic E-state index is 7.50. The average molecular weight is 624 g/mol. The van der Waals surface area contributed by atoms with Crippen molar-refractivity contribution >= 4 is 25.5 Å². The van der Waals surface area contributed by atoms with Crippen molar-refractivity contribution in [1.29, 1.82) is 0 Å². The summed E-state index contributed by atoms with van der Waals surface area (Å²) in [6, 6.07) is 0. The van der Waals surface area contributed by atoms with E-state index in [1.54, 1.807) is 11.3 Å². The molecular weight excluding hydrogens is 583 g/mol. The third kappa shape index (κ3) is 19.2. The summed E-state index contributed by atoms with van der Waals surface area (Å²) in [7, 11) is 4.70. The van der Waals surface area contributed by atoms with Crippen molar-refractivity contribution in [3.8, 4) is 0 Å².